The average Bonchev–Trinajstić information content (AvgIpc) is 2.59. The van der Waals surface area contributed by atoms with Crippen LogP contribution in [-0.4, -0.2) is 24.1 Å². The van der Waals surface area contributed by atoms with Crippen molar-refractivity contribution in [1.29, 1.82) is 0 Å². The lowest BCUT2D eigenvalue weighted by Gasteiger charge is -2.17. The Morgan fingerprint density at radius 3 is 2.40 bits per heavy atom. The van der Waals surface area contributed by atoms with Crippen molar-refractivity contribution in [2.24, 2.45) is 0 Å². The van der Waals surface area contributed by atoms with Gasteiger partial charge in [0.1, 0.15) is 11.6 Å². The summed E-state index contributed by atoms with van der Waals surface area (Å²) in [5, 5.41) is 11.9. The highest BCUT2D eigenvalue weighted by molar-refractivity contribution is 5.85. The molecule has 2 unspecified atom stereocenters. The number of carboxylic acid groups (broad SMARTS) is 1. The molecule has 0 saturated heterocycles. The molecule has 1 amide bonds. The second kappa shape index (κ2) is 8.28. The van der Waals surface area contributed by atoms with E-state index < -0.39 is 17.9 Å². The van der Waals surface area contributed by atoms with Crippen molar-refractivity contribution in [3.05, 3.63) is 65.5 Å². The van der Waals surface area contributed by atoms with E-state index >= 15 is 0 Å². The van der Waals surface area contributed by atoms with Gasteiger partial charge in [-0.3, -0.25) is 4.79 Å². The van der Waals surface area contributed by atoms with Gasteiger partial charge in [0.15, 0.2) is 6.04 Å². The van der Waals surface area contributed by atoms with Crippen LogP contribution in [0.3, 0.4) is 0 Å². The van der Waals surface area contributed by atoms with Crippen LogP contribution in [0.5, 0.6) is 5.75 Å². The molecule has 2 aromatic carbocycles. The molecule has 2 N–H and O–H groups in total. The second-order valence-electron chi connectivity index (χ2n) is 5.77. The van der Waals surface area contributed by atoms with Crippen molar-refractivity contribution < 1.29 is 23.8 Å². The third kappa shape index (κ3) is 5.04. The monoisotopic (exact) mass is 345 g/mol. The number of rotatable bonds is 7. The summed E-state index contributed by atoms with van der Waals surface area (Å²) in [5.74, 6) is -1.58. The first-order chi connectivity index (χ1) is 11.9. The van der Waals surface area contributed by atoms with E-state index in [2.05, 4.69) is 5.32 Å². The summed E-state index contributed by atoms with van der Waals surface area (Å²) in [6.07, 6.45) is 0.0589. The predicted molar refractivity (Wildman–Crippen MR) is 90.9 cm³/mol. The molecule has 5 nitrogen and oxygen atoms in total. The minimum atomic E-state index is -1.16. The van der Waals surface area contributed by atoms with Gasteiger partial charge in [0.25, 0.3) is 0 Å². The molecule has 0 aromatic heterocycles. The van der Waals surface area contributed by atoms with Crippen LogP contribution in [-0.2, 0) is 9.59 Å². The normalized spacial score (nSPS) is 12.9. The third-order valence-corrected chi connectivity index (χ3v) is 3.91. The maximum absolute atomic E-state index is 13.3. The van der Waals surface area contributed by atoms with E-state index in [9.17, 15) is 19.1 Å². The molecule has 0 aliphatic carbocycles. The minimum Gasteiger partial charge on any atom is -0.497 e. The van der Waals surface area contributed by atoms with E-state index in [-0.39, 0.29) is 18.2 Å². The van der Waals surface area contributed by atoms with Gasteiger partial charge in [0.2, 0.25) is 5.91 Å². The molecule has 0 heterocycles. The first-order valence-electron chi connectivity index (χ1n) is 7.82. The van der Waals surface area contributed by atoms with Gasteiger partial charge in [-0.1, -0.05) is 31.2 Å². The van der Waals surface area contributed by atoms with E-state index in [0.717, 1.165) is 0 Å². The van der Waals surface area contributed by atoms with Crippen LogP contribution in [0.25, 0.3) is 0 Å². The Kier molecular flexibility index (Phi) is 6.11. The Labute approximate surface area is 145 Å². The van der Waals surface area contributed by atoms with Crippen molar-refractivity contribution >= 4 is 11.9 Å². The molecule has 132 valence electrons. The van der Waals surface area contributed by atoms with Crippen molar-refractivity contribution in [2.45, 2.75) is 25.3 Å². The first kappa shape index (κ1) is 18.4. The highest BCUT2D eigenvalue weighted by Gasteiger charge is 2.23. The van der Waals surface area contributed by atoms with E-state index in [1.807, 2.05) is 0 Å². The van der Waals surface area contributed by atoms with Crippen molar-refractivity contribution in [3.8, 4) is 5.75 Å². The zero-order valence-corrected chi connectivity index (χ0v) is 14.0. The molecule has 6 heteroatoms. The van der Waals surface area contributed by atoms with Gasteiger partial charge in [-0.05, 0) is 41.3 Å². The van der Waals surface area contributed by atoms with Gasteiger partial charge in [0.05, 0.1) is 7.11 Å². The quantitative estimate of drug-likeness (QED) is 0.807. The number of amides is 1. The summed E-state index contributed by atoms with van der Waals surface area (Å²) >= 11 is 0. The lowest BCUT2D eigenvalue weighted by atomic mass is 9.97. The van der Waals surface area contributed by atoms with Crippen LogP contribution in [0.1, 0.15) is 36.4 Å². The van der Waals surface area contributed by atoms with Gasteiger partial charge < -0.3 is 15.2 Å². The Bertz CT molecular complexity index is 745. The predicted octanol–water partition coefficient (Wildman–Crippen LogP) is 3.27. The van der Waals surface area contributed by atoms with Gasteiger partial charge in [0, 0.05) is 6.42 Å². The van der Waals surface area contributed by atoms with Crippen molar-refractivity contribution in [3.63, 3.8) is 0 Å². The summed E-state index contributed by atoms with van der Waals surface area (Å²) in [4.78, 5) is 23.7. The maximum atomic E-state index is 13.3. The van der Waals surface area contributed by atoms with Crippen LogP contribution < -0.4 is 10.1 Å². The van der Waals surface area contributed by atoms with Crippen LogP contribution in [0, 0.1) is 5.82 Å². The van der Waals surface area contributed by atoms with Gasteiger partial charge in [-0.25, -0.2) is 9.18 Å². The Balaban J connectivity index is 2.05. The van der Waals surface area contributed by atoms with Gasteiger partial charge in [-0.2, -0.15) is 0 Å². The Morgan fingerprint density at radius 2 is 1.84 bits per heavy atom. The molecule has 2 aromatic rings. The molecule has 0 saturated carbocycles. The average molecular weight is 345 g/mol. The summed E-state index contributed by atoms with van der Waals surface area (Å²) in [7, 11) is 1.51. The van der Waals surface area contributed by atoms with Crippen LogP contribution in [0.4, 0.5) is 4.39 Å². The molecule has 0 fully saturated rings. The number of carboxylic acids is 1. The van der Waals surface area contributed by atoms with Gasteiger partial charge in [-0.15, -0.1) is 0 Å². The number of methoxy groups -OCH3 is 1. The van der Waals surface area contributed by atoms with E-state index in [1.165, 1.54) is 19.2 Å². The van der Waals surface area contributed by atoms with Crippen LogP contribution in [0.2, 0.25) is 0 Å². The number of hydrogen-bond donors (Lipinski definition) is 2. The van der Waals surface area contributed by atoms with Crippen molar-refractivity contribution in [1.82, 2.24) is 5.32 Å². The van der Waals surface area contributed by atoms with E-state index in [1.54, 1.807) is 43.3 Å². The smallest absolute Gasteiger partial charge is 0.330 e. The molecule has 0 bridgehead atoms. The fourth-order valence-corrected chi connectivity index (χ4v) is 2.51. The SMILES string of the molecule is COc1ccc(C(NC(=O)CC(C)c2cccc(F)c2)C(=O)O)cc1. The third-order valence-electron chi connectivity index (χ3n) is 3.91. The Morgan fingerprint density at radius 1 is 1.16 bits per heavy atom. The highest BCUT2D eigenvalue weighted by atomic mass is 19.1. The molecule has 0 aliphatic heterocycles. The highest BCUT2D eigenvalue weighted by Crippen LogP contribution is 2.22. The zero-order chi connectivity index (χ0) is 18.4. The zero-order valence-electron chi connectivity index (χ0n) is 14.0. The van der Waals surface area contributed by atoms with Crippen molar-refractivity contribution in [2.75, 3.05) is 7.11 Å². The number of ether oxygens (including phenoxy) is 1. The second-order valence-corrected chi connectivity index (χ2v) is 5.77. The number of benzene rings is 2. The molecule has 0 aliphatic rings. The van der Waals surface area contributed by atoms with Crippen LogP contribution in [0.15, 0.2) is 48.5 Å². The molecular formula is C19H20FNO4. The number of aliphatic carboxylic acids is 1. The topological polar surface area (TPSA) is 75.6 Å². The Hall–Kier alpha value is -2.89. The summed E-state index contributed by atoms with van der Waals surface area (Å²) in [6.45, 7) is 1.79. The number of nitrogens with one attached hydrogen (secondary N) is 1. The molecule has 0 spiro atoms. The maximum Gasteiger partial charge on any atom is 0.330 e. The molecule has 0 radical (unpaired) electrons. The number of carbonyl (C=O) groups is 2. The first-order valence-corrected chi connectivity index (χ1v) is 7.82. The lowest BCUT2D eigenvalue weighted by Crippen LogP contribution is -2.34. The molecule has 2 rings (SSSR count). The van der Waals surface area contributed by atoms with Crippen LogP contribution >= 0.6 is 0 Å². The fourth-order valence-electron chi connectivity index (χ4n) is 2.51. The fraction of sp³-hybridized carbons (Fsp3) is 0.263. The van der Waals surface area contributed by atoms with E-state index in [4.69, 9.17) is 4.74 Å². The minimum absolute atomic E-state index is 0.0589. The number of halogens is 1. The standard InChI is InChI=1S/C19H20FNO4/c1-12(14-4-3-5-15(20)11-14)10-17(22)21-18(19(23)24)13-6-8-16(25-2)9-7-13/h3-9,11-12,18H,10H2,1-2H3,(H,21,22)(H,23,24). The summed E-state index contributed by atoms with van der Waals surface area (Å²) < 4.78 is 18.3. The molecular weight excluding hydrogens is 325 g/mol. The van der Waals surface area contributed by atoms with Gasteiger partial charge >= 0.3 is 5.97 Å². The largest absolute Gasteiger partial charge is 0.497 e. The number of carbonyl (C=O) groups excluding carboxylic acids is 1. The summed E-state index contributed by atoms with van der Waals surface area (Å²) in [5.41, 5.74) is 1.13. The number of hydrogen-bond acceptors (Lipinski definition) is 3. The molecule has 25 heavy (non-hydrogen) atoms. The molecule has 2 atom stereocenters. The summed E-state index contributed by atoms with van der Waals surface area (Å²) in [6, 6.07) is 11.3. The lowest BCUT2D eigenvalue weighted by molar-refractivity contribution is -0.142. The van der Waals surface area contributed by atoms with E-state index in [0.29, 0.717) is 16.9 Å².